The first-order chi connectivity index (χ1) is 11.3. The molecule has 4 rings (SSSR count). The van der Waals surface area contributed by atoms with Gasteiger partial charge in [0.2, 0.25) is 0 Å². The molecular formula is C20H28N2O. The van der Waals surface area contributed by atoms with Crippen molar-refractivity contribution < 1.29 is 5.11 Å². The topological polar surface area (TPSA) is 28.4 Å². The van der Waals surface area contributed by atoms with Gasteiger partial charge in [-0.2, -0.15) is 0 Å². The number of fused-ring (bicyclic) bond motifs is 3. The van der Waals surface area contributed by atoms with Crippen molar-refractivity contribution in [3.63, 3.8) is 0 Å². The van der Waals surface area contributed by atoms with Crippen molar-refractivity contribution in [2.24, 2.45) is 0 Å². The Morgan fingerprint density at radius 1 is 0.913 bits per heavy atom. The van der Waals surface area contributed by atoms with Gasteiger partial charge in [0.15, 0.2) is 0 Å². The largest absolute Gasteiger partial charge is 0.390 e. The molecule has 0 saturated carbocycles. The molecule has 1 aromatic heterocycles. The SMILES string of the molecule is OC(CN1CCCCC1)Cn1c2c(c3ccccc31)CCCC2. The molecule has 0 amide bonds. The number of aliphatic hydroxyl groups excluding tert-OH is 1. The van der Waals surface area contributed by atoms with Crippen LogP contribution in [0.25, 0.3) is 10.9 Å². The molecule has 1 aliphatic carbocycles. The number of hydrogen-bond acceptors (Lipinski definition) is 2. The van der Waals surface area contributed by atoms with E-state index in [1.165, 1.54) is 67.1 Å². The fourth-order valence-electron chi connectivity index (χ4n) is 4.50. The number of nitrogens with zero attached hydrogens (tertiary/aromatic N) is 2. The normalized spacial score (nSPS) is 20.6. The Kier molecular flexibility index (Phi) is 4.41. The maximum Gasteiger partial charge on any atom is 0.0845 e. The van der Waals surface area contributed by atoms with Crippen molar-refractivity contribution in [3.05, 3.63) is 35.5 Å². The van der Waals surface area contributed by atoms with Crippen LogP contribution >= 0.6 is 0 Å². The maximum absolute atomic E-state index is 10.7. The van der Waals surface area contributed by atoms with E-state index in [9.17, 15) is 5.11 Å². The standard InChI is InChI=1S/C20H28N2O/c23-16(14-21-12-6-1-7-13-21)15-22-19-10-4-2-8-17(19)18-9-3-5-11-20(18)22/h2,4,8,10,16,23H,1,3,5-7,9,11-15H2. The van der Waals surface area contributed by atoms with Crippen LogP contribution in [0.5, 0.6) is 0 Å². The van der Waals surface area contributed by atoms with Crippen molar-refractivity contribution in [3.8, 4) is 0 Å². The molecular weight excluding hydrogens is 284 g/mol. The van der Waals surface area contributed by atoms with Crippen molar-refractivity contribution in [1.82, 2.24) is 9.47 Å². The number of aliphatic hydroxyl groups is 1. The second-order valence-electron chi connectivity index (χ2n) is 7.28. The lowest BCUT2D eigenvalue weighted by Gasteiger charge is -2.29. The van der Waals surface area contributed by atoms with Gasteiger partial charge in [-0.25, -0.2) is 0 Å². The molecule has 2 aromatic rings. The van der Waals surface area contributed by atoms with Crippen molar-refractivity contribution >= 4 is 10.9 Å². The van der Waals surface area contributed by atoms with Crippen LogP contribution in [-0.4, -0.2) is 40.3 Å². The summed E-state index contributed by atoms with van der Waals surface area (Å²) in [6.07, 6.45) is 8.61. The van der Waals surface area contributed by atoms with Gasteiger partial charge in [0.25, 0.3) is 0 Å². The molecule has 3 nitrogen and oxygen atoms in total. The Hall–Kier alpha value is -1.32. The van der Waals surface area contributed by atoms with Crippen LogP contribution in [0.1, 0.15) is 43.4 Å². The summed E-state index contributed by atoms with van der Waals surface area (Å²) in [6.45, 7) is 3.87. The van der Waals surface area contributed by atoms with E-state index in [1.54, 1.807) is 0 Å². The summed E-state index contributed by atoms with van der Waals surface area (Å²) in [4.78, 5) is 2.44. The van der Waals surface area contributed by atoms with Gasteiger partial charge in [-0.05, 0) is 63.2 Å². The molecule has 3 heteroatoms. The average molecular weight is 312 g/mol. The third kappa shape index (κ3) is 3.05. The molecule has 2 heterocycles. The van der Waals surface area contributed by atoms with Crippen LogP contribution in [-0.2, 0) is 19.4 Å². The summed E-state index contributed by atoms with van der Waals surface area (Å²) in [6, 6.07) is 8.75. The summed E-state index contributed by atoms with van der Waals surface area (Å²) in [5, 5.41) is 12.1. The van der Waals surface area contributed by atoms with E-state index >= 15 is 0 Å². The van der Waals surface area contributed by atoms with Crippen LogP contribution in [0, 0.1) is 0 Å². The lowest BCUT2D eigenvalue weighted by Crippen LogP contribution is -2.38. The summed E-state index contributed by atoms with van der Waals surface area (Å²) in [5.74, 6) is 0. The zero-order valence-corrected chi connectivity index (χ0v) is 14.0. The molecule has 2 aliphatic rings. The van der Waals surface area contributed by atoms with Crippen LogP contribution in [0.4, 0.5) is 0 Å². The van der Waals surface area contributed by atoms with Crippen LogP contribution < -0.4 is 0 Å². The Morgan fingerprint density at radius 3 is 2.57 bits per heavy atom. The predicted octanol–water partition coefficient (Wildman–Crippen LogP) is 3.37. The first kappa shape index (κ1) is 15.2. The highest BCUT2D eigenvalue weighted by molar-refractivity contribution is 5.85. The van der Waals surface area contributed by atoms with E-state index in [0.29, 0.717) is 0 Å². The molecule has 1 aromatic carbocycles. The number of hydrogen-bond donors (Lipinski definition) is 1. The van der Waals surface area contributed by atoms with Crippen LogP contribution in [0.3, 0.4) is 0 Å². The number of β-amino-alcohol motifs (C(OH)–C–C–N with tert-alkyl or cyclic N) is 1. The van der Waals surface area contributed by atoms with E-state index in [4.69, 9.17) is 0 Å². The highest BCUT2D eigenvalue weighted by Gasteiger charge is 2.22. The van der Waals surface area contributed by atoms with Gasteiger partial charge in [-0.15, -0.1) is 0 Å². The number of piperidine rings is 1. The molecule has 0 spiro atoms. The minimum atomic E-state index is -0.269. The van der Waals surface area contributed by atoms with E-state index in [-0.39, 0.29) is 6.10 Å². The van der Waals surface area contributed by atoms with E-state index < -0.39 is 0 Å². The maximum atomic E-state index is 10.7. The smallest absolute Gasteiger partial charge is 0.0845 e. The Labute approximate surface area is 138 Å². The zero-order chi connectivity index (χ0) is 15.6. The molecule has 1 aliphatic heterocycles. The third-order valence-electron chi connectivity index (χ3n) is 5.60. The summed E-state index contributed by atoms with van der Waals surface area (Å²) >= 11 is 0. The van der Waals surface area contributed by atoms with Gasteiger partial charge < -0.3 is 14.6 Å². The highest BCUT2D eigenvalue weighted by Crippen LogP contribution is 2.32. The fourth-order valence-corrected chi connectivity index (χ4v) is 4.50. The van der Waals surface area contributed by atoms with Crippen molar-refractivity contribution in [1.29, 1.82) is 0 Å². The molecule has 1 atom stereocenters. The summed E-state index contributed by atoms with van der Waals surface area (Å²) < 4.78 is 2.42. The lowest BCUT2D eigenvalue weighted by atomic mass is 9.95. The zero-order valence-electron chi connectivity index (χ0n) is 14.0. The van der Waals surface area contributed by atoms with E-state index in [0.717, 1.165) is 26.2 Å². The minimum absolute atomic E-state index is 0.269. The number of aryl methyl sites for hydroxylation is 1. The molecule has 1 unspecified atom stereocenters. The van der Waals surface area contributed by atoms with Crippen molar-refractivity contribution in [2.45, 2.75) is 57.6 Å². The fraction of sp³-hybridized carbons (Fsp3) is 0.600. The minimum Gasteiger partial charge on any atom is -0.390 e. The van der Waals surface area contributed by atoms with Crippen molar-refractivity contribution in [2.75, 3.05) is 19.6 Å². The molecule has 1 fully saturated rings. The first-order valence-corrected chi connectivity index (χ1v) is 9.32. The summed E-state index contributed by atoms with van der Waals surface area (Å²) in [5.41, 5.74) is 4.34. The summed E-state index contributed by atoms with van der Waals surface area (Å²) in [7, 11) is 0. The average Bonchev–Trinajstić information content (AvgIpc) is 2.90. The van der Waals surface area contributed by atoms with E-state index in [1.807, 2.05) is 0 Å². The second kappa shape index (κ2) is 6.66. The van der Waals surface area contributed by atoms with Gasteiger partial charge in [-0.3, -0.25) is 0 Å². The second-order valence-corrected chi connectivity index (χ2v) is 7.28. The predicted molar refractivity (Wildman–Crippen MR) is 94.9 cm³/mol. The van der Waals surface area contributed by atoms with Gasteiger partial charge in [0.05, 0.1) is 12.6 Å². The van der Waals surface area contributed by atoms with E-state index in [2.05, 4.69) is 33.7 Å². The number of benzene rings is 1. The molecule has 0 bridgehead atoms. The Bertz CT molecular complexity index is 670. The number of likely N-dealkylation sites (tertiary alicyclic amines) is 1. The lowest BCUT2D eigenvalue weighted by molar-refractivity contribution is 0.0886. The highest BCUT2D eigenvalue weighted by atomic mass is 16.3. The monoisotopic (exact) mass is 312 g/mol. The van der Waals surface area contributed by atoms with Gasteiger partial charge in [-0.1, -0.05) is 24.6 Å². The molecule has 0 radical (unpaired) electrons. The van der Waals surface area contributed by atoms with Crippen LogP contribution in [0.15, 0.2) is 24.3 Å². The quantitative estimate of drug-likeness (QED) is 0.937. The molecule has 1 N–H and O–H groups in total. The Balaban J connectivity index is 1.58. The molecule has 1 saturated heterocycles. The van der Waals surface area contributed by atoms with Gasteiger partial charge in [0, 0.05) is 23.1 Å². The number of para-hydroxylation sites is 1. The number of aromatic nitrogens is 1. The van der Waals surface area contributed by atoms with Gasteiger partial charge in [0.1, 0.15) is 0 Å². The Morgan fingerprint density at radius 2 is 1.70 bits per heavy atom. The molecule has 23 heavy (non-hydrogen) atoms. The number of rotatable bonds is 4. The third-order valence-corrected chi connectivity index (χ3v) is 5.60. The van der Waals surface area contributed by atoms with Gasteiger partial charge >= 0.3 is 0 Å². The van der Waals surface area contributed by atoms with Crippen LogP contribution in [0.2, 0.25) is 0 Å². The molecule has 124 valence electrons. The first-order valence-electron chi connectivity index (χ1n) is 9.32.